The summed E-state index contributed by atoms with van der Waals surface area (Å²) in [5.41, 5.74) is 9.83. The van der Waals surface area contributed by atoms with Gasteiger partial charge >= 0.3 is 0 Å². The predicted octanol–water partition coefficient (Wildman–Crippen LogP) is 4.99. The molecule has 0 radical (unpaired) electrons. The molecule has 0 bridgehead atoms. The number of hydrogen-bond donors (Lipinski definition) is 1. The number of benzene rings is 2. The van der Waals surface area contributed by atoms with Crippen LogP contribution in [0.2, 0.25) is 5.02 Å². The Morgan fingerprint density at radius 2 is 2.00 bits per heavy atom. The minimum atomic E-state index is -0.395. The van der Waals surface area contributed by atoms with Gasteiger partial charge in [-0.1, -0.05) is 48.0 Å². The van der Waals surface area contributed by atoms with Crippen LogP contribution >= 0.6 is 11.6 Å². The van der Waals surface area contributed by atoms with Gasteiger partial charge in [0.2, 0.25) is 0 Å². The Hall–Kier alpha value is -1.38. The van der Waals surface area contributed by atoms with Crippen molar-refractivity contribution in [1.29, 1.82) is 0 Å². The number of hydrogen-bond acceptors (Lipinski definition) is 1. The standard InChI is InChI=1S/C18H19ClFN/c19-18-15(9-4-10-16(18)20)17(21)11-13-7-3-6-12-5-1-2-8-14(12)13/h1-2,4-5,8-10,13,17H,3,6-7,11,21H2. The molecule has 3 rings (SSSR count). The van der Waals surface area contributed by atoms with Crippen LogP contribution in [0.4, 0.5) is 4.39 Å². The van der Waals surface area contributed by atoms with Crippen LogP contribution in [0.25, 0.3) is 0 Å². The molecule has 110 valence electrons. The van der Waals surface area contributed by atoms with E-state index in [1.54, 1.807) is 6.07 Å². The highest BCUT2D eigenvalue weighted by molar-refractivity contribution is 6.31. The molecule has 0 heterocycles. The van der Waals surface area contributed by atoms with Gasteiger partial charge in [-0.3, -0.25) is 0 Å². The highest BCUT2D eigenvalue weighted by Crippen LogP contribution is 2.38. The van der Waals surface area contributed by atoms with E-state index < -0.39 is 5.82 Å². The van der Waals surface area contributed by atoms with Crippen molar-refractivity contribution < 1.29 is 4.39 Å². The Morgan fingerprint density at radius 1 is 1.19 bits per heavy atom. The van der Waals surface area contributed by atoms with Gasteiger partial charge in [0.1, 0.15) is 5.82 Å². The van der Waals surface area contributed by atoms with Gasteiger partial charge in [0.25, 0.3) is 0 Å². The van der Waals surface area contributed by atoms with E-state index in [1.165, 1.54) is 23.6 Å². The van der Waals surface area contributed by atoms with E-state index in [1.807, 2.05) is 6.07 Å². The van der Waals surface area contributed by atoms with Crippen molar-refractivity contribution in [2.45, 2.75) is 37.6 Å². The van der Waals surface area contributed by atoms with Crippen LogP contribution in [0, 0.1) is 5.82 Å². The van der Waals surface area contributed by atoms with Crippen molar-refractivity contribution in [3.05, 3.63) is 70.0 Å². The van der Waals surface area contributed by atoms with E-state index in [9.17, 15) is 4.39 Å². The number of rotatable bonds is 3. The lowest BCUT2D eigenvalue weighted by Gasteiger charge is -2.28. The molecule has 0 saturated heterocycles. The lowest BCUT2D eigenvalue weighted by Crippen LogP contribution is -2.18. The highest BCUT2D eigenvalue weighted by atomic mass is 35.5. The molecule has 2 atom stereocenters. The molecule has 0 saturated carbocycles. The molecule has 2 aromatic rings. The minimum Gasteiger partial charge on any atom is -0.324 e. The first kappa shape index (κ1) is 14.6. The molecule has 0 aromatic heterocycles. The van der Waals surface area contributed by atoms with E-state index in [2.05, 4.69) is 24.3 Å². The zero-order valence-corrected chi connectivity index (χ0v) is 12.6. The predicted molar refractivity (Wildman–Crippen MR) is 85.1 cm³/mol. The van der Waals surface area contributed by atoms with Gasteiger partial charge in [-0.2, -0.15) is 0 Å². The third kappa shape index (κ3) is 2.97. The normalized spacial score (nSPS) is 19.1. The molecular formula is C18H19ClFN. The van der Waals surface area contributed by atoms with Gasteiger partial charge in [0.15, 0.2) is 0 Å². The fourth-order valence-electron chi connectivity index (χ4n) is 3.34. The molecule has 1 aliphatic carbocycles. The summed E-state index contributed by atoms with van der Waals surface area (Å²) >= 11 is 6.05. The average molecular weight is 304 g/mol. The monoisotopic (exact) mass is 303 g/mol. The summed E-state index contributed by atoms with van der Waals surface area (Å²) in [6, 6.07) is 13.2. The number of aryl methyl sites for hydroxylation is 1. The topological polar surface area (TPSA) is 26.0 Å². The van der Waals surface area contributed by atoms with Gasteiger partial charge in [0.05, 0.1) is 5.02 Å². The molecule has 21 heavy (non-hydrogen) atoms. The summed E-state index contributed by atoms with van der Waals surface area (Å²) in [6.45, 7) is 0. The molecule has 3 heteroatoms. The van der Waals surface area contributed by atoms with Crippen molar-refractivity contribution in [2.75, 3.05) is 0 Å². The minimum absolute atomic E-state index is 0.161. The van der Waals surface area contributed by atoms with Gasteiger partial charge < -0.3 is 5.73 Å². The molecular weight excluding hydrogens is 285 g/mol. The van der Waals surface area contributed by atoms with Gasteiger partial charge in [-0.15, -0.1) is 0 Å². The van der Waals surface area contributed by atoms with Crippen molar-refractivity contribution in [1.82, 2.24) is 0 Å². The molecule has 2 N–H and O–H groups in total. The summed E-state index contributed by atoms with van der Waals surface area (Å²) in [6.07, 6.45) is 4.27. The highest BCUT2D eigenvalue weighted by Gasteiger charge is 2.23. The first-order valence-corrected chi connectivity index (χ1v) is 7.82. The van der Waals surface area contributed by atoms with Crippen LogP contribution in [-0.4, -0.2) is 0 Å². The molecule has 1 aliphatic rings. The molecule has 1 nitrogen and oxygen atoms in total. The van der Waals surface area contributed by atoms with Crippen LogP contribution in [0.15, 0.2) is 42.5 Å². The second-order valence-corrected chi connectivity index (χ2v) is 6.15. The third-order valence-electron chi connectivity index (χ3n) is 4.41. The Labute approximate surface area is 129 Å². The lowest BCUT2D eigenvalue weighted by atomic mass is 9.79. The molecule has 0 fully saturated rings. The maximum absolute atomic E-state index is 13.6. The second kappa shape index (κ2) is 6.17. The van der Waals surface area contributed by atoms with Crippen LogP contribution in [-0.2, 0) is 6.42 Å². The summed E-state index contributed by atoms with van der Waals surface area (Å²) < 4.78 is 13.6. The zero-order chi connectivity index (χ0) is 14.8. The summed E-state index contributed by atoms with van der Waals surface area (Å²) in [5.74, 6) is 0.0398. The van der Waals surface area contributed by atoms with Gasteiger partial charge in [0, 0.05) is 6.04 Å². The van der Waals surface area contributed by atoms with E-state index in [0.717, 1.165) is 19.3 Å². The SMILES string of the molecule is NC(CC1CCCc2ccccc21)c1cccc(F)c1Cl. The molecule has 0 amide bonds. The largest absolute Gasteiger partial charge is 0.324 e. The van der Waals surface area contributed by atoms with Crippen molar-refractivity contribution in [2.24, 2.45) is 5.73 Å². The Balaban J connectivity index is 1.83. The fourth-order valence-corrected chi connectivity index (χ4v) is 3.61. The van der Waals surface area contributed by atoms with Gasteiger partial charge in [-0.25, -0.2) is 4.39 Å². The Bertz CT molecular complexity index is 641. The van der Waals surface area contributed by atoms with Crippen LogP contribution in [0.3, 0.4) is 0 Å². The van der Waals surface area contributed by atoms with Crippen molar-refractivity contribution in [3.63, 3.8) is 0 Å². The Morgan fingerprint density at radius 3 is 2.86 bits per heavy atom. The fraction of sp³-hybridized carbons (Fsp3) is 0.333. The van der Waals surface area contributed by atoms with Crippen LogP contribution in [0.1, 0.15) is 47.9 Å². The van der Waals surface area contributed by atoms with Crippen LogP contribution < -0.4 is 5.73 Å². The molecule has 0 spiro atoms. The second-order valence-electron chi connectivity index (χ2n) is 5.77. The molecule has 0 aliphatic heterocycles. The summed E-state index contributed by atoms with van der Waals surface area (Å²) in [5, 5.41) is 0.161. The van der Waals surface area contributed by atoms with Gasteiger partial charge in [-0.05, 0) is 54.4 Å². The molecule has 2 unspecified atom stereocenters. The van der Waals surface area contributed by atoms with E-state index in [4.69, 9.17) is 17.3 Å². The van der Waals surface area contributed by atoms with E-state index in [0.29, 0.717) is 11.5 Å². The van der Waals surface area contributed by atoms with Crippen LogP contribution in [0.5, 0.6) is 0 Å². The lowest BCUT2D eigenvalue weighted by molar-refractivity contribution is 0.475. The average Bonchev–Trinajstić information content (AvgIpc) is 2.50. The molecule has 2 aromatic carbocycles. The summed E-state index contributed by atoms with van der Waals surface area (Å²) in [4.78, 5) is 0. The maximum atomic E-state index is 13.6. The van der Waals surface area contributed by atoms with Crippen molar-refractivity contribution >= 4 is 11.6 Å². The first-order valence-electron chi connectivity index (χ1n) is 7.44. The van der Waals surface area contributed by atoms with Crippen molar-refractivity contribution in [3.8, 4) is 0 Å². The zero-order valence-electron chi connectivity index (χ0n) is 11.9. The number of fused-ring (bicyclic) bond motifs is 1. The Kier molecular flexibility index (Phi) is 4.27. The smallest absolute Gasteiger partial charge is 0.142 e. The van der Waals surface area contributed by atoms with E-state index >= 15 is 0 Å². The third-order valence-corrected chi connectivity index (χ3v) is 4.81. The summed E-state index contributed by atoms with van der Waals surface area (Å²) in [7, 11) is 0. The number of nitrogens with two attached hydrogens (primary N) is 1. The maximum Gasteiger partial charge on any atom is 0.142 e. The first-order chi connectivity index (χ1) is 10.2. The number of halogens is 2. The van der Waals surface area contributed by atoms with E-state index in [-0.39, 0.29) is 11.1 Å². The quantitative estimate of drug-likeness (QED) is 0.849.